The lowest BCUT2D eigenvalue weighted by molar-refractivity contribution is 0.443. The fraction of sp³-hybridized carbons (Fsp3) is 0.600. The smallest absolute Gasteiger partial charge is 0.243 e. The van der Waals surface area contributed by atoms with Crippen LogP contribution in [0.15, 0.2) is 17.0 Å². The molecule has 0 unspecified atom stereocenters. The number of nitrogens with zero attached hydrogens (tertiary/aromatic N) is 1. The fourth-order valence-electron chi connectivity index (χ4n) is 2.33. The van der Waals surface area contributed by atoms with E-state index < -0.39 is 15.8 Å². The Balaban J connectivity index is 2.36. The van der Waals surface area contributed by atoms with Crippen LogP contribution in [-0.4, -0.2) is 31.9 Å². The van der Waals surface area contributed by atoms with Gasteiger partial charge in [0.25, 0.3) is 0 Å². The van der Waals surface area contributed by atoms with E-state index >= 15 is 0 Å². The van der Waals surface area contributed by atoms with Crippen molar-refractivity contribution in [1.82, 2.24) is 9.62 Å². The first-order chi connectivity index (χ1) is 9.90. The lowest BCUT2D eigenvalue weighted by atomic mass is 10.1. The van der Waals surface area contributed by atoms with Gasteiger partial charge in [-0.15, -0.1) is 0 Å². The Hall–Kier alpha value is -0.980. The van der Waals surface area contributed by atoms with Crippen LogP contribution in [0.25, 0.3) is 0 Å². The third-order valence-corrected chi connectivity index (χ3v) is 6.03. The molecule has 118 valence electrons. The quantitative estimate of drug-likeness (QED) is 0.841. The predicted octanol–water partition coefficient (Wildman–Crippen LogP) is 2.42. The predicted molar refractivity (Wildman–Crippen MR) is 81.1 cm³/mol. The van der Waals surface area contributed by atoms with Gasteiger partial charge in [-0.1, -0.05) is 13.8 Å². The Morgan fingerprint density at radius 1 is 1.29 bits per heavy atom. The highest BCUT2D eigenvalue weighted by Gasteiger charge is 2.26. The molecule has 0 radical (unpaired) electrons. The van der Waals surface area contributed by atoms with Crippen LogP contribution in [0.2, 0.25) is 0 Å². The molecule has 6 heteroatoms. The van der Waals surface area contributed by atoms with Crippen LogP contribution in [0.1, 0.15) is 37.8 Å². The molecule has 2 rings (SSSR count). The maximum absolute atomic E-state index is 14.1. The van der Waals surface area contributed by atoms with Crippen molar-refractivity contribution in [3.05, 3.63) is 29.1 Å². The Kier molecular flexibility index (Phi) is 5.01. The lowest BCUT2D eigenvalue weighted by Gasteiger charge is -2.20. The topological polar surface area (TPSA) is 49.4 Å². The molecule has 0 saturated heterocycles. The van der Waals surface area contributed by atoms with E-state index in [1.54, 1.807) is 19.9 Å². The number of benzene rings is 1. The van der Waals surface area contributed by atoms with E-state index in [-0.39, 0.29) is 10.5 Å². The Morgan fingerprint density at radius 2 is 1.90 bits per heavy atom. The first kappa shape index (κ1) is 16.4. The molecule has 21 heavy (non-hydrogen) atoms. The minimum absolute atomic E-state index is 0.0822. The van der Waals surface area contributed by atoms with Gasteiger partial charge in [0.15, 0.2) is 0 Å². The molecule has 1 aromatic carbocycles. The number of hydrogen-bond donors (Lipinski definition) is 1. The van der Waals surface area contributed by atoms with Crippen LogP contribution in [0.5, 0.6) is 0 Å². The van der Waals surface area contributed by atoms with Crippen molar-refractivity contribution in [2.45, 2.75) is 51.1 Å². The van der Waals surface area contributed by atoms with Gasteiger partial charge in [-0.05, 0) is 37.5 Å². The van der Waals surface area contributed by atoms with E-state index in [0.29, 0.717) is 31.2 Å². The van der Waals surface area contributed by atoms with Gasteiger partial charge in [-0.2, -0.15) is 4.31 Å². The van der Waals surface area contributed by atoms with E-state index in [0.717, 1.165) is 12.8 Å². The van der Waals surface area contributed by atoms with Gasteiger partial charge in [0.05, 0.1) is 4.90 Å². The number of halogens is 1. The van der Waals surface area contributed by atoms with Gasteiger partial charge in [-0.25, -0.2) is 12.8 Å². The Labute approximate surface area is 126 Å². The largest absolute Gasteiger partial charge is 0.310 e. The average Bonchev–Trinajstić information content (AvgIpc) is 3.25. The van der Waals surface area contributed by atoms with Crippen molar-refractivity contribution in [3.63, 3.8) is 0 Å². The number of nitrogens with one attached hydrogen (secondary N) is 1. The standard InChI is InChI=1S/C15H23FN2O2S/c1-4-18(5-2)21(19,20)15-9-12(8-14(16)11(15)3)10-17-13-6-7-13/h8-9,13,17H,4-7,10H2,1-3H3. The summed E-state index contributed by atoms with van der Waals surface area (Å²) in [5, 5.41) is 3.28. The van der Waals surface area contributed by atoms with Crippen LogP contribution in [0.3, 0.4) is 0 Å². The van der Waals surface area contributed by atoms with Crippen molar-refractivity contribution in [1.29, 1.82) is 0 Å². The molecule has 1 N–H and O–H groups in total. The average molecular weight is 314 g/mol. The van der Waals surface area contributed by atoms with E-state index in [1.807, 2.05) is 0 Å². The number of hydrogen-bond acceptors (Lipinski definition) is 3. The van der Waals surface area contributed by atoms with E-state index in [9.17, 15) is 12.8 Å². The first-order valence-electron chi connectivity index (χ1n) is 7.42. The highest BCUT2D eigenvalue weighted by Crippen LogP contribution is 2.25. The summed E-state index contributed by atoms with van der Waals surface area (Å²) in [7, 11) is -3.63. The zero-order valence-electron chi connectivity index (χ0n) is 12.8. The van der Waals surface area contributed by atoms with Crippen LogP contribution in [0, 0.1) is 12.7 Å². The van der Waals surface area contributed by atoms with Crippen LogP contribution in [-0.2, 0) is 16.6 Å². The summed E-state index contributed by atoms with van der Waals surface area (Å²) >= 11 is 0. The molecule has 1 aliphatic carbocycles. The van der Waals surface area contributed by atoms with Crippen molar-refractivity contribution in [2.24, 2.45) is 0 Å². The van der Waals surface area contributed by atoms with Crippen molar-refractivity contribution >= 4 is 10.0 Å². The second kappa shape index (κ2) is 6.42. The maximum Gasteiger partial charge on any atom is 0.243 e. The molecule has 0 aliphatic heterocycles. The van der Waals surface area contributed by atoms with Crippen molar-refractivity contribution in [3.8, 4) is 0 Å². The van der Waals surface area contributed by atoms with Gasteiger partial charge in [0.2, 0.25) is 10.0 Å². The summed E-state index contributed by atoms with van der Waals surface area (Å²) in [6, 6.07) is 3.52. The molecule has 0 amide bonds. The van der Waals surface area contributed by atoms with Gasteiger partial charge >= 0.3 is 0 Å². The second-order valence-corrected chi connectivity index (χ2v) is 7.35. The molecule has 1 aromatic rings. The SMILES string of the molecule is CCN(CC)S(=O)(=O)c1cc(CNC2CC2)cc(F)c1C. The van der Waals surface area contributed by atoms with Crippen molar-refractivity contribution in [2.75, 3.05) is 13.1 Å². The molecule has 1 fully saturated rings. The third kappa shape index (κ3) is 3.62. The van der Waals surface area contributed by atoms with E-state index in [1.165, 1.54) is 17.3 Å². The molecule has 0 bridgehead atoms. The van der Waals surface area contributed by atoms with Gasteiger partial charge in [-0.3, -0.25) is 0 Å². The summed E-state index contributed by atoms with van der Waals surface area (Å²) < 4.78 is 40.6. The summed E-state index contributed by atoms with van der Waals surface area (Å²) in [6.07, 6.45) is 2.28. The monoisotopic (exact) mass is 314 g/mol. The summed E-state index contributed by atoms with van der Waals surface area (Å²) in [5.74, 6) is -0.462. The number of rotatable bonds is 7. The Morgan fingerprint density at radius 3 is 2.43 bits per heavy atom. The summed E-state index contributed by atoms with van der Waals surface area (Å²) in [6.45, 7) is 6.35. The molecule has 0 atom stereocenters. The van der Waals surface area contributed by atoms with Crippen LogP contribution in [0.4, 0.5) is 4.39 Å². The van der Waals surface area contributed by atoms with E-state index in [2.05, 4.69) is 5.32 Å². The van der Waals surface area contributed by atoms with Gasteiger partial charge in [0, 0.05) is 31.2 Å². The molecule has 0 aromatic heterocycles. The van der Waals surface area contributed by atoms with Crippen LogP contribution < -0.4 is 5.32 Å². The first-order valence-corrected chi connectivity index (χ1v) is 8.86. The normalized spacial score (nSPS) is 15.7. The molecule has 0 spiro atoms. The Bertz CT molecular complexity index is 608. The second-order valence-electron chi connectivity index (χ2n) is 5.45. The lowest BCUT2D eigenvalue weighted by Crippen LogP contribution is -2.31. The molecule has 4 nitrogen and oxygen atoms in total. The molecular weight excluding hydrogens is 291 g/mol. The highest BCUT2D eigenvalue weighted by atomic mass is 32.2. The minimum atomic E-state index is -3.63. The third-order valence-electron chi connectivity index (χ3n) is 3.85. The van der Waals surface area contributed by atoms with Gasteiger partial charge in [0.1, 0.15) is 5.82 Å². The van der Waals surface area contributed by atoms with Crippen LogP contribution >= 0.6 is 0 Å². The van der Waals surface area contributed by atoms with Crippen molar-refractivity contribution < 1.29 is 12.8 Å². The van der Waals surface area contributed by atoms with E-state index in [4.69, 9.17) is 0 Å². The molecular formula is C15H23FN2O2S. The zero-order chi connectivity index (χ0) is 15.6. The molecule has 0 heterocycles. The fourth-order valence-corrected chi connectivity index (χ4v) is 4.07. The number of sulfonamides is 1. The maximum atomic E-state index is 14.1. The zero-order valence-corrected chi connectivity index (χ0v) is 13.6. The summed E-state index contributed by atoms with van der Waals surface area (Å²) in [5.41, 5.74) is 0.868. The minimum Gasteiger partial charge on any atom is -0.310 e. The molecule has 1 saturated carbocycles. The molecule has 1 aliphatic rings. The summed E-state index contributed by atoms with van der Waals surface area (Å²) in [4.78, 5) is 0.0822. The highest BCUT2D eigenvalue weighted by molar-refractivity contribution is 7.89. The van der Waals surface area contributed by atoms with Gasteiger partial charge < -0.3 is 5.32 Å².